The zero-order valence-electron chi connectivity index (χ0n) is 31.6. The molecule has 0 radical (unpaired) electrons. The van der Waals surface area contributed by atoms with Crippen LogP contribution < -0.4 is 0 Å². The van der Waals surface area contributed by atoms with E-state index in [-0.39, 0.29) is 0 Å². The fraction of sp³-hybridized carbons (Fsp3) is 0. The summed E-state index contributed by atoms with van der Waals surface area (Å²) in [6.07, 6.45) is 0. The molecule has 4 nitrogen and oxygen atoms in total. The lowest BCUT2D eigenvalue weighted by Gasteiger charge is -2.13. The first kappa shape index (κ1) is 10.0. The number of hydrogen-bond donors (Lipinski definition) is 0. The predicted octanol–water partition coefficient (Wildman–Crippen LogP) is 7.37. The number of nitrogens with zero attached hydrogens (tertiary/aromatic N) is 4. The van der Waals surface area contributed by atoms with Crippen molar-refractivity contribution in [3.8, 4) is 45.3 Å². The summed E-state index contributed by atoms with van der Waals surface area (Å²) in [6, 6.07) is -12.6. The summed E-state index contributed by atoms with van der Waals surface area (Å²) >= 11 is 0. The molecule has 1 heterocycles. The first-order valence-electron chi connectivity index (χ1n) is 16.7. The maximum absolute atomic E-state index is 16.6. The Kier molecular flexibility index (Phi) is 2.65. The van der Waals surface area contributed by atoms with Gasteiger partial charge in [-0.15, -0.1) is 0 Å². The highest BCUT2D eigenvalue weighted by molar-refractivity contribution is 5.79. The molecular formula is C28H16F2N4. The molecule has 5 rings (SSSR count). The summed E-state index contributed by atoms with van der Waals surface area (Å²) < 4.78 is 154. The van der Waals surface area contributed by atoms with Crippen LogP contribution in [-0.2, 0) is 0 Å². The largest absolute Gasteiger partial charge is 0.235 e. The summed E-state index contributed by atoms with van der Waals surface area (Å²) in [7, 11) is 0. The summed E-state index contributed by atoms with van der Waals surface area (Å²) in [5.74, 6) is -5.69. The second kappa shape index (κ2) is 9.00. The number of halogens is 2. The van der Waals surface area contributed by atoms with Gasteiger partial charge in [0.2, 0.25) is 5.69 Å². The first-order chi connectivity index (χ1) is 22.9. The molecule has 0 saturated heterocycles. The van der Waals surface area contributed by atoms with E-state index in [0.29, 0.717) is 6.07 Å². The Morgan fingerprint density at radius 3 is 1.53 bits per heavy atom. The lowest BCUT2D eigenvalue weighted by atomic mass is 9.99. The van der Waals surface area contributed by atoms with E-state index >= 15 is 8.78 Å². The molecule has 0 aliphatic heterocycles. The second-order valence-corrected chi connectivity index (χ2v) is 6.36. The van der Waals surface area contributed by atoms with Gasteiger partial charge < -0.3 is 0 Å². The topological polar surface area (TPSA) is 43.0 Å². The Balaban J connectivity index is 1.99. The van der Waals surface area contributed by atoms with Crippen molar-refractivity contribution in [2.75, 3.05) is 0 Å². The van der Waals surface area contributed by atoms with Gasteiger partial charge in [0.05, 0.1) is 27.1 Å². The fourth-order valence-corrected chi connectivity index (χ4v) is 2.90. The summed E-state index contributed by atoms with van der Waals surface area (Å²) in [6.45, 7) is 7.49. The summed E-state index contributed by atoms with van der Waals surface area (Å²) in [4.78, 5) is 15.2. The van der Waals surface area contributed by atoms with Crippen molar-refractivity contribution < 1.29 is 29.3 Å². The fourth-order valence-electron chi connectivity index (χ4n) is 2.90. The van der Waals surface area contributed by atoms with E-state index in [1.807, 2.05) is 0 Å². The van der Waals surface area contributed by atoms with Crippen molar-refractivity contribution in [3.05, 3.63) is 120 Å². The van der Waals surface area contributed by atoms with Crippen LogP contribution in [0.15, 0.2) is 96.7 Å². The number of rotatable bonds is 4. The highest BCUT2D eigenvalue weighted by Crippen LogP contribution is 2.38. The van der Waals surface area contributed by atoms with Crippen molar-refractivity contribution in [2.24, 2.45) is 0 Å². The van der Waals surface area contributed by atoms with Gasteiger partial charge in [-0.05, 0) is 11.6 Å². The maximum atomic E-state index is 16.6. The van der Waals surface area contributed by atoms with E-state index in [4.69, 9.17) is 27.1 Å². The zero-order chi connectivity index (χ0) is 36.5. The molecule has 0 saturated carbocycles. The molecule has 162 valence electrons. The monoisotopic (exact) mass is 461 g/mol. The standard InChI is InChI=1S/C28H16F2N4/c1-31-22-17-21(24(29)23(25(22)30)18-11-5-2-6-12-18)28-33-26(19-13-7-3-8-14-19)32-27(34-28)20-15-9-4-10-16-20/h2-17H/i2D,3D,4D,5D,6D,7D,8D,9D,10D,11D,12D,13D,14D,15D,16D. The molecule has 0 spiro atoms. The predicted molar refractivity (Wildman–Crippen MR) is 128 cm³/mol. The molecule has 0 aliphatic rings. The van der Waals surface area contributed by atoms with E-state index in [1.54, 1.807) is 0 Å². The molecule has 0 unspecified atom stereocenters. The number of aromatic nitrogens is 3. The van der Waals surface area contributed by atoms with Gasteiger partial charge in [-0.2, -0.15) is 0 Å². The van der Waals surface area contributed by atoms with E-state index in [0.717, 1.165) is 0 Å². The highest BCUT2D eigenvalue weighted by atomic mass is 19.1. The van der Waals surface area contributed by atoms with Crippen LogP contribution in [0.1, 0.15) is 20.6 Å². The van der Waals surface area contributed by atoms with Gasteiger partial charge >= 0.3 is 0 Å². The van der Waals surface area contributed by atoms with E-state index in [1.165, 1.54) is 0 Å². The van der Waals surface area contributed by atoms with Crippen LogP contribution >= 0.6 is 0 Å². The average Bonchev–Trinajstić information content (AvgIpc) is 3.08. The molecule has 0 atom stereocenters. The van der Waals surface area contributed by atoms with Crippen molar-refractivity contribution in [2.45, 2.75) is 0 Å². The molecule has 0 bridgehead atoms. The van der Waals surface area contributed by atoms with E-state index in [2.05, 4.69) is 19.8 Å². The average molecular weight is 462 g/mol. The SMILES string of the molecule is [2H]c1c([2H])c([2H])c(-c2nc(-c3cc([N+]#[C-])c(F)c(-c4c([2H])c([2H])c([2H])c([2H])c4[2H])c3F)nc(-c3c([2H])c([2H])c([2H])c([2H])c3[2H])n2)c([2H])c1[2H]. The molecule has 0 N–H and O–H groups in total. The minimum absolute atomic E-state index is 0.600. The van der Waals surface area contributed by atoms with Crippen LogP contribution in [0.5, 0.6) is 0 Å². The van der Waals surface area contributed by atoms with Crippen LogP contribution in [0.2, 0.25) is 0 Å². The van der Waals surface area contributed by atoms with Crippen LogP contribution in [0.4, 0.5) is 14.5 Å². The highest BCUT2D eigenvalue weighted by Gasteiger charge is 2.23. The zero-order valence-corrected chi connectivity index (χ0v) is 16.6. The maximum Gasteiger partial charge on any atom is 0.223 e. The minimum atomic E-state index is -1.66. The molecule has 1 aromatic heterocycles. The third-order valence-electron chi connectivity index (χ3n) is 4.38. The summed E-state index contributed by atoms with van der Waals surface area (Å²) in [5, 5.41) is 0. The Hall–Kier alpha value is -4.76. The number of benzene rings is 4. The third kappa shape index (κ3) is 3.91. The van der Waals surface area contributed by atoms with Crippen molar-refractivity contribution in [3.63, 3.8) is 0 Å². The third-order valence-corrected chi connectivity index (χ3v) is 4.38. The lowest BCUT2D eigenvalue weighted by molar-refractivity contribution is 0.594. The van der Waals surface area contributed by atoms with Gasteiger partial charge in [0.1, 0.15) is 11.6 Å². The quantitative estimate of drug-likeness (QED) is 0.263. The van der Waals surface area contributed by atoms with Crippen molar-refractivity contribution in [1.82, 2.24) is 15.0 Å². The van der Waals surface area contributed by atoms with Crippen molar-refractivity contribution in [1.29, 1.82) is 0 Å². The molecule has 6 heteroatoms. The molecule has 0 amide bonds. The van der Waals surface area contributed by atoms with Crippen LogP contribution in [0, 0.1) is 18.2 Å². The van der Waals surface area contributed by atoms with E-state index in [9.17, 15) is 0 Å². The summed E-state index contributed by atoms with van der Waals surface area (Å²) in [5.41, 5.74) is -5.37. The Labute approximate surface area is 216 Å². The van der Waals surface area contributed by atoms with Gasteiger partial charge in [0, 0.05) is 22.3 Å². The van der Waals surface area contributed by atoms with Gasteiger partial charge in [0.25, 0.3) is 0 Å². The van der Waals surface area contributed by atoms with Crippen LogP contribution in [-0.4, -0.2) is 15.0 Å². The molecule has 0 fully saturated rings. The molecule has 34 heavy (non-hydrogen) atoms. The lowest BCUT2D eigenvalue weighted by Crippen LogP contribution is -2.03. The molecular weight excluding hydrogens is 430 g/mol. The van der Waals surface area contributed by atoms with Crippen LogP contribution in [0.3, 0.4) is 0 Å². The molecule has 4 aromatic carbocycles. The van der Waals surface area contributed by atoms with Gasteiger partial charge in [-0.3, -0.25) is 0 Å². The van der Waals surface area contributed by atoms with Crippen LogP contribution in [0.25, 0.3) is 50.1 Å². The number of hydrogen-bond acceptors (Lipinski definition) is 3. The van der Waals surface area contributed by atoms with Gasteiger partial charge in [-0.25, -0.2) is 28.6 Å². The molecule has 5 aromatic rings. The van der Waals surface area contributed by atoms with Gasteiger partial charge in [0.15, 0.2) is 17.5 Å². The van der Waals surface area contributed by atoms with E-state index < -0.39 is 153 Å². The normalized spacial score (nSPS) is 16.8. The second-order valence-electron chi connectivity index (χ2n) is 6.36. The molecule has 0 aliphatic carbocycles. The Bertz CT molecular complexity index is 2170. The Morgan fingerprint density at radius 1 is 0.618 bits per heavy atom. The first-order valence-corrected chi connectivity index (χ1v) is 9.24. The van der Waals surface area contributed by atoms with Gasteiger partial charge in [-0.1, -0.05) is 90.6 Å². The Morgan fingerprint density at radius 2 is 1.06 bits per heavy atom. The van der Waals surface area contributed by atoms with Crippen molar-refractivity contribution >= 4 is 5.69 Å². The minimum Gasteiger partial charge on any atom is -0.235 e. The smallest absolute Gasteiger partial charge is 0.223 e.